The van der Waals surface area contributed by atoms with Crippen LogP contribution in [0.25, 0.3) is 0 Å². The minimum absolute atomic E-state index is 0.0128. The lowest BCUT2D eigenvalue weighted by atomic mass is 9.89. The number of fused-ring (bicyclic) bond motifs is 1. The fraction of sp³-hybridized carbons (Fsp3) is 0.632. The standard InChI is InChI=1S/C19H26N2O3S2/c1-2-24-18(23)15-13-10-6-7-11-14(13)26-17(15)21-19(25)20-16(22)12-8-4-3-5-9-12/h12H,2-11H2,1H3,(H2,20,21,22,25). The van der Waals surface area contributed by atoms with Crippen molar-refractivity contribution in [1.82, 2.24) is 5.32 Å². The van der Waals surface area contributed by atoms with E-state index in [4.69, 9.17) is 17.0 Å². The van der Waals surface area contributed by atoms with Crippen molar-refractivity contribution < 1.29 is 14.3 Å². The number of nitrogens with one attached hydrogen (secondary N) is 2. The van der Waals surface area contributed by atoms with E-state index in [1.807, 2.05) is 0 Å². The Hall–Kier alpha value is -1.47. The Morgan fingerprint density at radius 1 is 1.15 bits per heavy atom. The van der Waals surface area contributed by atoms with Gasteiger partial charge < -0.3 is 15.4 Å². The molecule has 1 amide bonds. The van der Waals surface area contributed by atoms with Gasteiger partial charge in [0.05, 0.1) is 12.2 Å². The number of esters is 1. The van der Waals surface area contributed by atoms with Crippen LogP contribution in [0.1, 0.15) is 72.7 Å². The van der Waals surface area contributed by atoms with Crippen LogP contribution in [0.4, 0.5) is 5.00 Å². The number of rotatable bonds is 4. The molecule has 1 fully saturated rings. The molecule has 26 heavy (non-hydrogen) atoms. The molecule has 1 heterocycles. The Kier molecular flexibility index (Phi) is 6.64. The van der Waals surface area contributed by atoms with Crippen molar-refractivity contribution in [1.29, 1.82) is 0 Å². The molecule has 142 valence electrons. The molecule has 2 aliphatic rings. The second-order valence-electron chi connectivity index (χ2n) is 6.91. The lowest BCUT2D eigenvalue weighted by molar-refractivity contribution is -0.124. The second kappa shape index (κ2) is 8.95. The summed E-state index contributed by atoms with van der Waals surface area (Å²) in [6, 6.07) is 0. The number of anilines is 1. The molecule has 0 atom stereocenters. The zero-order valence-electron chi connectivity index (χ0n) is 15.2. The SMILES string of the molecule is CCOC(=O)c1c(NC(=S)NC(=O)C2CCCCC2)sc2c1CCCC2. The Morgan fingerprint density at radius 2 is 1.88 bits per heavy atom. The van der Waals surface area contributed by atoms with Gasteiger partial charge in [-0.05, 0) is 63.2 Å². The summed E-state index contributed by atoms with van der Waals surface area (Å²) in [5.74, 6) is -0.276. The normalized spacial score (nSPS) is 17.3. The molecule has 0 aromatic carbocycles. The third kappa shape index (κ3) is 4.43. The monoisotopic (exact) mass is 394 g/mol. The van der Waals surface area contributed by atoms with Crippen LogP contribution in [0.15, 0.2) is 0 Å². The number of ether oxygens (including phenoxy) is 1. The number of aryl methyl sites for hydroxylation is 1. The number of thiophene rings is 1. The van der Waals surface area contributed by atoms with Gasteiger partial charge in [0.25, 0.3) is 0 Å². The van der Waals surface area contributed by atoms with E-state index in [-0.39, 0.29) is 22.9 Å². The lowest BCUT2D eigenvalue weighted by Gasteiger charge is -2.21. The van der Waals surface area contributed by atoms with E-state index in [0.717, 1.165) is 56.9 Å². The van der Waals surface area contributed by atoms with Crippen molar-refractivity contribution in [3.8, 4) is 0 Å². The van der Waals surface area contributed by atoms with Gasteiger partial charge in [0.15, 0.2) is 5.11 Å². The van der Waals surface area contributed by atoms with Gasteiger partial charge in [-0.15, -0.1) is 11.3 Å². The van der Waals surface area contributed by atoms with Crippen molar-refractivity contribution in [2.24, 2.45) is 5.92 Å². The summed E-state index contributed by atoms with van der Waals surface area (Å²) < 4.78 is 5.25. The number of carbonyl (C=O) groups is 2. The van der Waals surface area contributed by atoms with Gasteiger partial charge in [-0.2, -0.15) is 0 Å². The molecule has 1 aromatic rings. The maximum absolute atomic E-state index is 12.5. The first-order valence-corrected chi connectivity index (χ1v) is 10.8. The molecule has 7 heteroatoms. The van der Waals surface area contributed by atoms with E-state index >= 15 is 0 Å². The predicted molar refractivity (Wildman–Crippen MR) is 108 cm³/mol. The number of hydrogen-bond donors (Lipinski definition) is 2. The quantitative estimate of drug-likeness (QED) is 0.592. The van der Waals surface area contributed by atoms with E-state index in [0.29, 0.717) is 17.2 Å². The minimum atomic E-state index is -0.309. The largest absolute Gasteiger partial charge is 0.462 e. The van der Waals surface area contributed by atoms with Crippen molar-refractivity contribution in [2.75, 3.05) is 11.9 Å². The molecule has 0 aliphatic heterocycles. The van der Waals surface area contributed by atoms with Gasteiger partial charge in [-0.1, -0.05) is 19.3 Å². The highest BCUT2D eigenvalue weighted by molar-refractivity contribution is 7.80. The highest BCUT2D eigenvalue weighted by atomic mass is 32.1. The Morgan fingerprint density at radius 3 is 2.62 bits per heavy atom. The van der Waals surface area contributed by atoms with Crippen LogP contribution >= 0.6 is 23.6 Å². The average molecular weight is 395 g/mol. The van der Waals surface area contributed by atoms with E-state index in [2.05, 4.69) is 10.6 Å². The highest BCUT2D eigenvalue weighted by Crippen LogP contribution is 2.38. The second-order valence-corrected chi connectivity index (χ2v) is 8.43. The van der Waals surface area contributed by atoms with Crippen LogP contribution in [-0.4, -0.2) is 23.6 Å². The summed E-state index contributed by atoms with van der Waals surface area (Å²) in [6.45, 7) is 2.14. The average Bonchev–Trinajstić information content (AvgIpc) is 3.00. The fourth-order valence-electron chi connectivity index (χ4n) is 3.79. The zero-order valence-corrected chi connectivity index (χ0v) is 16.8. The number of carbonyl (C=O) groups excluding carboxylic acids is 2. The Labute approximate surface area is 163 Å². The third-order valence-corrected chi connectivity index (χ3v) is 6.50. The number of thiocarbonyl (C=S) groups is 1. The number of hydrogen-bond acceptors (Lipinski definition) is 5. The van der Waals surface area contributed by atoms with E-state index < -0.39 is 0 Å². The first kappa shape index (κ1) is 19.3. The molecule has 0 unspecified atom stereocenters. The smallest absolute Gasteiger partial charge is 0.341 e. The predicted octanol–water partition coefficient (Wildman–Crippen LogP) is 4.20. The molecule has 2 N–H and O–H groups in total. The first-order chi connectivity index (χ1) is 12.6. The maximum atomic E-state index is 12.5. The topological polar surface area (TPSA) is 67.4 Å². The fourth-order valence-corrected chi connectivity index (χ4v) is 5.34. The third-order valence-electron chi connectivity index (χ3n) is 5.09. The number of amides is 1. The summed E-state index contributed by atoms with van der Waals surface area (Å²) in [5, 5.41) is 6.87. The summed E-state index contributed by atoms with van der Waals surface area (Å²) >= 11 is 6.90. The first-order valence-electron chi connectivity index (χ1n) is 9.53. The highest BCUT2D eigenvalue weighted by Gasteiger charge is 2.27. The van der Waals surface area contributed by atoms with Gasteiger partial charge in [0.2, 0.25) is 5.91 Å². The lowest BCUT2D eigenvalue weighted by Crippen LogP contribution is -2.39. The summed E-state index contributed by atoms with van der Waals surface area (Å²) in [4.78, 5) is 26.1. The van der Waals surface area contributed by atoms with Gasteiger partial charge in [0, 0.05) is 10.8 Å². The van der Waals surface area contributed by atoms with E-state index in [9.17, 15) is 9.59 Å². The molecule has 0 spiro atoms. The van der Waals surface area contributed by atoms with Crippen LogP contribution in [0.3, 0.4) is 0 Å². The molecular formula is C19H26N2O3S2. The summed E-state index contributed by atoms with van der Waals surface area (Å²) in [7, 11) is 0. The van der Waals surface area contributed by atoms with E-state index in [1.165, 1.54) is 11.3 Å². The van der Waals surface area contributed by atoms with Crippen molar-refractivity contribution >= 4 is 45.5 Å². The van der Waals surface area contributed by atoms with Crippen LogP contribution in [0.2, 0.25) is 0 Å². The van der Waals surface area contributed by atoms with Gasteiger partial charge >= 0.3 is 5.97 Å². The molecule has 5 nitrogen and oxygen atoms in total. The van der Waals surface area contributed by atoms with Crippen molar-refractivity contribution in [3.05, 3.63) is 16.0 Å². The molecule has 3 rings (SSSR count). The van der Waals surface area contributed by atoms with Gasteiger partial charge in [-0.25, -0.2) is 4.79 Å². The van der Waals surface area contributed by atoms with Crippen LogP contribution in [0, 0.1) is 5.92 Å². The molecule has 0 radical (unpaired) electrons. The molecular weight excluding hydrogens is 368 g/mol. The molecule has 1 saturated carbocycles. The van der Waals surface area contributed by atoms with Crippen LogP contribution < -0.4 is 10.6 Å². The van der Waals surface area contributed by atoms with Gasteiger partial charge in [0.1, 0.15) is 5.00 Å². The molecule has 0 bridgehead atoms. The maximum Gasteiger partial charge on any atom is 0.341 e. The van der Waals surface area contributed by atoms with E-state index in [1.54, 1.807) is 18.3 Å². The Bertz CT molecular complexity index is 693. The summed E-state index contributed by atoms with van der Waals surface area (Å²) in [6.07, 6.45) is 9.35. The molecule has 2 aliphatic carbocycles. The minimum Gasteiger partial charge on any atom is -0.462 e. The Balaban J connectivity index is 1.71. The molecule has 1 aromatic heterocycles. The zero-order chi connectivity index (χ0) is 18.5. The van der Waals surface area contributed by atoms with Crippen molar-refractivity contribution in [2.45, 2.75) is 64.7 Å². The van der Waals surface area contributed by atoms with Gasteiger partial charge in [-0.3, -0.25) is 4.79 Å². The van der Waals surface area contributed by atoms with Crippen LogP contribution in [0.5, 0.6) is 0 Å². The summed E-state index contributed by atoms with van der Waals surface area (Å²) in [5.41, 5.74) is 1.68. The van der Waals surface area contributed by atoms with Crippen LogP contribution in [-0.2, 0) is 22.4 Å². The van der Waals surface area contributed by atoms with Crippen molar-refractivity contribution in [3.63, 3.8) is 0 Å². The molecule has 0 saturated heterocycles.